The zero-order valence-electron chi connectivity index (χ0n) is 9.72. The van der Waals surface area contributed by atoms with Crippen LogP contribution in [0.25, 0.3) is 0 Å². The standard InChI is InChI=1S/C11H20O2.Er/c1-10(2,3)8(12)7-9(13)11(4,5)6;/h7,12H,1-6H3;. The van der Waals surface area contributed by atoms with Gasteiger partial charge in [-0.1, -0.05) is 41.5 Å². The molecular formula is C11H20ErO2. The number of carbonyl (C=O) groups is 1. The van der Waals surface area contributed by atoms with E-state index in [2.05, 4.69) is 0 Å². The van der Waals surface area contributed by atoms with Gasteiger partial charge in [0.15, 0.2) is 5.78 Å². The molecule has 0 saturated heterocycles. The van der Waals surface area contributed by atoms with Gasteiger partial charge >= 0.3 is 0 Å². The summed E-state index contributed by atoms with van der Waals surface area (Å²) in [7, 11) is 0. The Kier molecular flexibility index (Phi) is 6.65. The Morgan fingerprint density at radius 1 is 1.00 bits per heavy atom. The molecular weight excluding hydrogens is 331 g/mol. The Morgan fingerprint density at radius 3 is 1.57 bits per heavy atom. The van der Waals surface area contributed by atoms with E-state index in [0.29, 0.717) is 0 Å². The second-order valence-corrected chi connectivity index (χ2v) is 5.39. The van der Waals surface area contributed by atoms with Crippen LogP contribution in [-0.2, 0) is 4.79 Å². The molecule has 14 heavy (non-hydrogen) atoms. The molecule has 0 unspecified atom stereocenters. The van der Waals surface area contributed by atoms with Crippen molar-refractivity contribution >= 4 is 5.78 Å². The fourth-order valence-corrected chi connectivity index (χ4v) is 0.557. The number of carbonyl (C=O) groups excluding carboxylic acids is 1. The van der Waals surface area contributed by atoms with Crippen molar-refractivity contribution in [2.75, 3.05) is 0 Å². The molecule has 0 bridgehead atoms. The number of allylic oxidation sites excluding steroid dienone is 2. The van der Waals surface area contributed by atoms with Gasteiger partial charge in [-0.05, 0) is 0 Å². The van der Waals surface area contributed by atoms with Crippen molar-refractivity contribution in [2.24, 2.45) is 10.8 Å². The first kappa shape index (κ1) is 16.9. The van der Waals surface area contributed by atoms with Gasteiger partial charge in [0.2, 0.25) is 0 Å². The van der Waals surface area contributed by atoms with Crippen LogP contribution in [0.15, 0.2) is 11.8 Å². The number of aliphatic hydroxyl groups is 1. The SMILES string of the molecule is CC(C)(C)C(=O)C=C(O)C(C)(C)C.[Er]. The summed E-state index contributed by atoms with van der Waals surface area (Å²) in [6.45, 7) is 11.1. The molecule has 0 spiro atoms. The molecule has 0 aliphatic carbocycles. The molecule has 0 aromatic heterocycles. The van der Waals surface area contributed by atoms with Crippen molar-refractivity contribution in [1.82, 2.24) is 0 Å². The molecule has 0 aromatic rings. The maximum Gasteiger partial charge on any atom is 0.164 e. The van der Waals surface area contributed by atoms with Crippen molar-refractivity contribution in [3.8, 4) is 0 Å². The maximum atomic E-state index is 11.5. The minimum atomic E-state index is -0.417. The van der Waals surface area contributed by atoms with Crippen molar-refractivity contribution in [3.63, 3.8) is 0 Å². The van der Waals surface area contributed by atoms with E-state index in [1.54, 1.807) is 0 Å². The predicted octanol–water partition coefficient (Wildman–Crippen LogP) is 3.09. The van der Waals surface area contributed by atoms with Crippen LogP contribution in [0.2, 0.25) is 0 Å². The first-order chi connectivity index (χ1) is 5.55. The molecule has 0 aromatic carbocycles. The Bertz CT molecular complexity index is 229. The molecule has 0 aliphatic heterocycles. The molecule has 0 radical (unpaired) electrons. The smallest absolute Gasteiger partial charge is 0.164 e. The predicted molar refractivity (Wildman–Crippen MR) is 54.6 cm³/mol. The van der Waals surface area contributed by atoms with Gasteiger partial charge in [-0.25, -0.2) is 0 Å². The van der Waals surface area contributed by atoms with Crippen molar-refractivity contribution in [2.45, 2.75) is 41.5 Å². The molecule has 0 amide bonds. The molecule has 2 nitrogen and oxygen atoms in total. The summed E-state index contributed by atoms with van der Waals surface area (Å²) in [5, 5.41) is 9.56. The summed E-state index contributed by atoms with van der Waals surface area (Å²) < 4.78 is 0. The van der Waals surface area contributed by atoms with E-state index in [4.69, 9.17) is 0 Å². The monoisotopic (exact) mass is 350 g/mol. The van der Waals surface area contributed by atoms with Crippen molar-refractivity contribution < 1.29 is 47.2 Å². The van der Waals surface area contributed by atoms with Gasteiger partial charge in [-0.15, -0.1) is 0 Å². The van der Waals surface area contributed by atoms with Gasteiger partial charge in [0.1, 0.15) is 5.76 Å². The van der Waals surface area contributed by atoms with Crippen LogP contribution < -0.4 is 0 Å². The van der Waals surface area contributed by atoms with Crippen LogP contribution in [0.4, 0.5) is 0 Å². The fourth-order valence-electron chi connectivity index (χ4n) is 0.557. The van der Waals surface area contributed by atoms with Gasteiger partial charge in [0, 0.05) is 54.2 Å². The number of aliphatic hydroxyl groups excluding tert-OH is 1. The Hall–Kier alpha value is 0.457. The average molecular weight is 352 g/mol. The molecule has 3 heteroatoms. The Labute approximate surface area is 116 Å². The first-order valence-corrected chi connectivity index (χ1v) is 4.51. The van der Waals surface area contributed by atoms with Crippen LogP contribution in [0.1, 0.15) is 41.5 Å². The summed E-state index contributed by atoms with van der Waals surface area (Å²) in [5.74, 6) is 0.104. The minimum Gasteiger partial charge on any atom is -0.512 e. The first-order valence-electron chi connectivity index (χ1n) is 4.51. The normalized spacial score (nSPS) is 13.4. The number of hydrogen-bond donors (Lipinski definition) is 1. The van der Waals surface area contributed by atoms with E-state index in [0.717, 1.165) is 0 Å². The summed E-state index contributed by atoms with van der Waals surface area (Å²) >= 11 is 0. The maximum absolute atomic E-state index is 11.5. The second-order valence-electron chi connectivity index (χ2n) is 5.39. The average Bonchev–Trinajstić information content (AvgIpc) is 1.82. The van der Waals surface area contributed by atoms with Gasteiger partial charge in [0.25, 0.3) is 0 Å². The molecule has 0 atom stereocenters. The van der Waals surface area contributed by atoms with Crippen LogP contribution in [0, 0.1) is 48.1 Å². The molecule has 1 N–H and O–H groups in total. The third-order valence-corrected chi connectivity index (χ3v) is 1.78. The Balaban J connectivity index is 0. The second kappa shape index (κ2) is 5.52. The summed E-state index contributed by atoms with van der Waals surface area (Å²) in [6, 6.07) is 0. The quantitative estimate of drug-likeness (QED) is 0.582. The third-order valence-electron chi connectivity index (χ3n) is 1.78. The zero-order chi connectivity index (χ0) is 10.9. The minimum absolute atomic E-state index is 0. The van der Waals surface area contributed by atoms with Gasteiger partial charge < -0.3 is 5.11 Å². The van der Waals surface area contributed by atoms with E-state index in [1.165, 1.54) is 6.08 Å². The number of ketones is 1. The largest absolute Gasteiger partial charge is 0.512 e. The molecule has 0 rings (SSSR count). The zero-order valence-corrected chi connectivity index (χ0v) is 11.6. The molecule has 0 heterocycles. The summed E-state index contributed by atoms with van der Waals surface area (Å²) in [4.78, 5) is 11.5. The van der Waals surface area contributed by atoms with E-state index >= 15 is 0 Å². The van der Waals surface area contributed by atoms with Crippen LogP contribution in [0.5, 0.6) is 0 Å². The molecule has 0 aliphatic rings. The third kappa shape index (κ3) is 6.04. The topological polar surface area (TPSA) is 37.3 Å². The summed E-state index contributed by atoms with van der Waals surface area (Å²) in [5.41, 5.74) is -0.764. The van der Waals surface area contributed by atoms with E-state index in [1.807, 2.05) is 41.5 Å². The summed E-state index contributed by atoms with van der Waals surface area (Å²) in [6.07, 6.45) is 1.33. The fraction of sp³-hybridized carbons (Fsp3) is 0.727. The van der Waals surface area contributed by atoms with Gasteiger partial charge in [0.05, 0.1) is 0 Å². The van der Waals surface area contributed by atoms with Crippen LogP contribution in [0.3, 0.4) is 0 Å². The van der Waals surface area contributed by atoms with Crippen LogP contribution in [-0.4, -0.2) is 10.9 Å². The molecule has 0 fully saturated rings. The van der Waals surface area contributed by atoms with E-state index in [-0.39, 0.29) is 54.3 Å². The van der Waals surface area contributed by atoms with Crippen molar-refractivity contribution in [1.29, 1.82) is 0 Å². The van der Waals surface area contributed by atoms with Gasteiger partial charge in [-0.2, -0.15) is 0 Å². The molecule has 88 valence electrons. The van der Waals surface area contributed by atoms with Gasteiger partial charge in [-0.3, -0.25) is 4.79 Å². The number of hydrogen-bond acceptors (Lipinski definition) is 2. The van der Waals surface area contributed by atoms with E-state index in [9.17, 15) is 9.90 Å². The molecule has 0 saturated carbocycles. The Morgan fingerprint density at radius 2 is 1.36 bits per heavy atom. The number of rotatable bonds is 1. The van der Waals surface area contributed by atoms with Crippen molar-refractivity contribution in [3.05, 3.63) is 11.8 Å². The van der Waals surface area contributed by atoms with Crippen LogP contribution >= 0.6 is 0 Å². The van der Waals surface area contributed by atoms with E-state index < -0.39 is 5.41 Å².